The number of carbonyl (C=O) groups is 2. The van der Waals surface area contributed by atoms with Gasteiger partial charge in [0, 0.05) is 18.8 Å². The second-order valence-electron chi connectivity index (χ2n) is 5.19. The standard InChI is InChI=1S/C14H19FN4O5S/c15-11-2-1-10(18-14(21)9-17-13(20)8-16)7-12(11)25(22,23)19-3-5-24-6-4-19/h1-2,7H,3-6,8-9,16H2,(H,17,20)(H,18,21). The van der Waals surface area contributed by atoms with Gasteiger partial charge in [-0.25, -0.2) is 12.8 Å². The molecule has 1 heterocycles. The number of benzene rings is 1. The zero-order valence-corrected chi connectivity index (χ0v) is 14.1. The van der Waals surface area contributed by atoms with Crippen molar-refractivity contribution in [2.75, 3.05) is 44.7 Å². The fourth-order valence-corrected chi connectivity index (χ4v) is 3.66. The third kappa shape index (κ3) is 4.95. The summed E-state index contributed by atoms with van der Waals surface area (Å²) in [4.78, 5) is 22.2. The molecule has 0 aromatic heterocycles. The molecule has 2 rings (SSSR count). The molecule has 11 heteroatoms. The van der Waals surface area contributed by atoms with E-state index >= 15 is 0 Å². The van der Waals surface area contributed by atoms with Crippen LogP contribution in [0.15, 0.2) is 23.1 Å². The van der Waals surface area contributed by atoms with E-state index in [1.54, 1.807) is 0 Å². The van der Waals surface area contributed by atoms with Crippen molar-refractivity contribution in [1.29, 1.82) is 0 Å². The van der Waals surface area contributed by atoms with Crippen molar-refractivity contribution in [1.82, 2.24) is 9.62 Å². The lowest BCUT2D eigenvalue weighted by atomic mass is 10.3. The van der Waals surface area contributed by atoms with E-state index in [2.05, 4.69) is 10.6 Å². The molecular weight excluding hydrogens is 355 g/mol. The average molecular weight is 374 g/mol. The van der Waals surface area contributed by atoms with Gasteiger partial charge in [-0.3, -0.25) is 9.59 Å². The van der Waals surface area contributed by atoms with Crippen molar-refractivity contribution in [3.05, 3.63) is 24.0 Å². The fraction of sp³-hybridized carbons (Fsp3) is 0.429. The van der Waals surface area contributed by atoms with Crippen molar-refractivity contribution in [2.24, 2.45) is 5.73 Å². The SMILES string of the molecule is NCC(=O)NCC(=O)Nc1ccc(F)c(S(=O)(=O)N2CCOCC2)c1. The number of nitrogens with two attached hydrogens (primary N) is 1. The van der Waals surface area contributed by atoms with Crippen LogP contribution in [-0.2, 0) is 24.3 Å². The number of halogens is 1. The van der Waals surface area contributed by atoms with E-state index in [1.165, 1.54) is 6.07 Å². The van der Waals surface area contributed by atoms with Crippen molar-refractivity contribution in [3.63, 3.8) is 0 Å². The summed E-state index contributed by atoms with van der Waals surface area (Å²) in [5.41, 5.74) is 5.20. The highest BCUT2D eigenvalue weighted by Gasteiger charge is 2.29. The van der Waals surface area contributed by atoms with Crippen molar-refractivity contribution in [3.8, 4) is 0 Å². The number of rotatable bonds is 6. The number of hydrogen-bond acceptors (Lipinski definition) is 6. The number of carbonyl (C=O) groups excluding carboxylic acids is 2. The van der Waals surface area contributed by atoms with Gasteiger partial charge in [0.25, 0.3) is 0 Å². The van der Waals surface area contributed by atoms with Crippen LogP contribution in [-0.4, -0.2) is 63.9 Å². The van der Waals surface area contributed by atoms with Crippen LogP contribution < -0.4 is 16.4 Å². The molecule has 4 N–H and O–H groups in total. The van der Waals surface area contributed by atoms with Crippen molar-refractivity contribution < 1.29 is 27.1 Å². The highest BCUT2D eigenvalue weighted by atomic mass is 32.2. The Labute approximate surface area is 144 Å². The third-order valence-electron chi connectivity index (χ3n) is 3.43. The molecule has 0 bridgehead atoms. The monoisotopic (exact) mass is 374 g/mol. The quantitative estimate of drug-likeness (QED) is 0.577. The molecule has 0 aliphatic carbocycles. The highest BCUT2D eigenvalue weighted by molar-refractivity contribution is 7.89. The molecule has 0 unspecified atom stereocenters. The second-order valence-corrected chi connectivity index (χ2v) is 7.10. The molecule has 1 aliphatic heterocycles. The fourth-order valence-electron chi connectivity index (χ4n) is 2.16. The van der Waals surface area contributed by atoms with Crippen LogP contribution >= 0.6 is 0 Å². The maximum absolute atomic E-state index is 14.0. The van der Waals surface area contributed by atoms with Gasteiger partial charge < -0.3 is 21.1 Å². The molecule has 1 aliphatic rings. The van der Waals surface area contributed by atoms with E-state index in [0.717, 1.165) is 16.4 Å². The summed E-state index contributed by atoms with van der Waals surface area (Å²) in [6.45, 7) is 0.133. The molecule has 1 saturated heterocycles. The Morgan fingerprint density at radius 1 is 1.24 bits per heavy atom. The topological polar surface area (TPSA) is 131 Å². The number of nitrogens with zero attached hydrogens (tertiary/aromatic N) is 1. The molecule has 138 valence electrons. The second kappa shape index (κ2) is 8.34. The Bertz CT molecular complexity index is 750. The predicted molar refractivity (Wildman–Crippen MR) is 86.7 cm³/mol. The molecule has 1 aromatic rings. The maximum atomic E-state index is 14.0. The third-order valence-corrected chi connectivity index (χ3v) is 5.35. The normalized spacial score (nSPS) is 15.6. The lowest BCUT2D eigenvalue weighted by molar-refractivity contribution is -0.123. The van der Waals surface area contributed by atoms with Gasteiger partial charge >= 0.3 is 0 Å². The molecule has 9 nitrogen and oxygen atoms in total. The van der Waals surface area contributed by atoms with E-state index in [1.807, 2.05) is 0 Å². The first-order valence-electron chi connectivity index (χ1n) is 7.48. The predicted octanol–water partition coefficient (Wildman–Crippen LogP) is -1.14. The van der Waals surface area contributed by atoms with Crippen LogP contribution in [0.25, 0.3) is 0 Å². The van der Waals surface area contributed by atoms with Crippen molar-refractivity contribution >= 4 is 27.5 Å². The number of ether oxygens (including phenoxy) is 1. The van der Waals surface area contributed by atoms with Crippen molar-refractivity contribution in [2.45, 2.75) is 4.90 Å². The molecule has 0 spiro atoms. The lowest BCUT2D eigenvalue weighted by Crippen LogP contribution is -2.41. The minimum Gasteiger partial charge on any atom is -0.379 e. The maximum Gasteiger partial charge on any atom is 0.246 e. The van der Waals surface area contributed by atoms with Crippen LogP contribution in [0.2, 0.25) is 0 Å². The van der Waals surface area contributed by atoms with Gasteiger partial charge in [0.2, 0.25) is 21.8 Å². The van der Waals surface area contributed by atoms with E-state index in [4.69, 9.17) is 10.5 Å². The Hall–Kier alpha value is -2.08. The van der Waals surface area contributed by atoms with Gasteiger partial charge in [-0.1, -0.05) is 0 Å². The Balaban J connectivity index is 2.14. The number of nitrogens with one attached hydrogen (secondary N) is 2. The summed E-state index contributed by atoms with van der Waals surface area (Å²) in [6, 6.07) is 3.24. The van der Waals surface area contributed by atoms with Crippen LogP contribution in [0.3, 0.4) is 0 Å². The molecule has 0 saturated carbocycles. The van der Waals surface area contributed by atoms with E-state index in [9.17, 15) is 22.4 Å². The molecule has 0 radical (unpaired) electrons. The molecule has 1 fully saturated rings. The van der Waals surface area contributed by atoms with Crippen LogP contribution in [0.5, 0.6) is 0 Å². The minimum atomic E-state index is -4.04. The van der Waals surface area contributed by atoms with Gasteiger partial charge in [0.15, 0.2) is 0 Å². The Morgan fingerprint density at radius 2 is 1.92 bits per heavy atom. The largest absolute Gasteiger partial charge is 0.379 e. The van der Waals surface area contributed by atoms with E-state index < -0.39 is 32.6 Å². The molecule has 25 heavy (non-hydrogen) atoms. The Kier molecular flexibility index (Phi) is 6.42. The first-order valence-corrected chi connectivity index (χ1v) is 8.92. The van der Waals surface area contributed by atoms with Gasteiger partial charge in [-0.2, -0.15) is 4.31 Å². The molecular formula is C14H19FN4O5S. The summed E-state index contributed by atoms with van der Waals surface area (Å²) >= 11 is 0. The molecule has 1 aromatic carbocycles. The number of morpholine rings is 1. The van der Waals surface area contributed by atoms with Crippen LogP contribution in [0.1, 0.15) is 0 Å². The molecule has 0 atom stereocenters. The summed E-state index contributed by atoms with van der Waals surface area (Å²) in [5, 5.41) is 4.67. The summed E-state index contributed by atoms with van der Waals surface area (Å²) in [7, 11) is -4.04. The van der Waals surface area contributed by atoms with Gasteiger partial charge in [0.05, 0.1) is 26.3 Å². The van der Waals surface area contributed by atoms with Crippen LogP contribution in [0, 0.1) is 5.82 Å². The number of amides is 2. The lowest BCUT2D eigenvalue weighted by Gasteiger charge is -2.26. The van der Waals surface area contributed by atoms with Crippen LogP contribution in [0.4, 0.5) is 10.1 Å². The summed E-state index contributed by atoms with van der Waals surface area (Å²) in [5.74, 6) is -2.02. The zero-order chi connectivity index (χ0) is 18.4. The highest BCUT2D eigenvalue weighted by Crippen LogP contribution is 2.23. The number of sulfonamides is 1. The average Bonchev–Trinajstić information content (AvgIpc) is 2.61. The molecule has 2 amide bonds. The first-order chi connectivity index (χ1) is 11.8. The number of hydrogen-bond donors (Lipinski definition) is 3. The van der Waals surface area contributed by atoms with Gasteiger partial charge in [-0.15, -0.1) is 0 Å². The smallest absolute Gasteiger partial charge is 0.246 e. The Morgan fingerprint density at radius 3 is 2.56 bits per heavy atom. The summed E-state index contributed by atoms with van der Waals surface area (Å²) in [6.07, 6.45) is 0. The van der Waals surface area contributed by atoms with Gasteiger partial charge in [0.1, 0.15) is 10.7 Å². The summed E-state index contributed by atoms with van der Waals surface area (Å²) < 4.78 is 45.3. The van der Waals surface area contributed by atoms with Gasteiger partial charge in [-0.05, 0) is 18.2 Å². The van der Waals surface area contributed by atoms with E-state index in [-0.39, 0.29) is 45.1 Å². The first kappa shape index (κ1) is 19.2. The minimum absolute atomic E-state index is 0.0974. The zero-order valence-electron chi connectivity index (χ0n) is 13.3. The number of anilines is 1. The van der Waals surface area contributed by atoms with E-state index in [0.29, 0.717) is 0 Å².